The Morgan fingerprint density at radius 2 is 1.97 bits per heavy atom. The maximum Gasteiger partial charge on any atom is 0.262 e. The SMILES string of the molecule is Cn1cccc1[C@@H]1CC(c2cccs2)=NN1C(=O)CN(CCN1CCOCC1)C(=O)C1CCCC1. The fourth-order valence-corrected chi connectivity index (χ4v) is 6.12. The number of hydrogen-bond acceptors (Lipinski definition) is 6. The van der Waals surface area contributed by atoms with E-state index < -0.39 is 0 Å². The van der Waals surface area contributed by atoms with Gasteiger partial charge in [-0.15, -0.1) is 11.3 Å². The first-order valence-corrected chi connectivity index (χ1v) is 13.6. The van der Waals surface area contributed by atoms with Crippen LogP contribution in [0.15, 0.2) is 40.9 Å². The van der Waals surface area contributed by atoms with Crippen LogP contribution in [0.3, 0.4) is 0 Å². The number of rotatable bonds is 8. The number of ether oxygens (including phenoxy) is 1. The van der Waals surface area contributed by atoms with E-state index in [9.17, 15) is 9.59 Å². The molecular formula is C26H35N5O3S. The van der Waals surface area contributed by atoms with Crippen LogP contribution in [0.5, 0.6) is 0 Å². The summed E-state index contributed by atoms with van der Waals surface area (Å²) in [6, 6.07) is 7.95. The van der Waals surface area contributed by atoms with Crippen molar-refractivity contribution in [3.05, 3.63) is 46.4 Å². The molecule has 35 heavy (non-hydrogen) atoms. The fraction of sp³-hybridized carbons (Fsp3) is 0.577. The Morgan fingerprint density at radius 3 is 2.66 bits per heavy atom. The Balaban J connectivity index is 1.34. The van der Waals surface area contributed by atoms with Crippen LogP contribution in [0.25, 0.3) is 0 Å². The lowest BCUT2D eigenvalue weighted by Crippen LogP contribution is -2.48. The normalized spacial score (nSPS) is 21.5. The van der Waals surface area contributed by atoms with Crippen molar-refractivity contribution in [2.45, 2.75) is 38.1 Å². The summed E-state index contributed by atoms with van der Waals surface area (Å²) in [7, 11) is 2.00. The summed E-state index contributed by atoms with van der Waals surface area (Å²) in [4.78, 5) is 32.4. The van der Waals surface area contributed by atoms with Crippen molar-refractivity contribution in [3.8, 4) is 0 Å². The first kappa shape index (κ1) is 24.2. The molecule has 1 atom stereocenters. The van der Waals surface area contributed by atoms with Gasteiger partial charge in [0.05, 0.1) is 23.8 Å². The lowest BCUT2D eigenvalue weighted by Gasteiger charge is -2.32. The van der Waals surface area contributed by atoms with Crippen LogP contribution in [0.4, 0.5) is 0 Å². The zero-order valence-corrected chi connectivity index (χ0v) is 21.3. The zero-order valence-electron chi connectivity index (χ0n) is 20.5. The number of thiophene rings is 1. The molecule has 2 amide bonds. The fourth-order valence-electron chi connectivity index (χ4n) is 5.40. The molecule has 0 unspecified atom stereocenters. The molecule has 0 bridgehead atoms. The first-order valence-electron chi connectivity index (χ1n) is 12.7. The molecule has 1 saturated carbocycles. The molecule has 2 aromatic rings. The lowest BCUT2D eigenvalue weighted by molar-refractivity contribution is -0.144. The maximum atomic E-state index is 13.7. The number of hydrazone groups is 1. The summed E-state index contributed by atoms with van der Waals surface area (Å²) < 4.78 is 7.52. The van der Waals surface area contributed by atoms with E-state index in [0.717, 1.165) is 74.8 Å². The number of aryl methyl sites for hydroxylation is 1. The molecule has 1 saturated heterocycles. The van der Waals surface area contributed by atoms with Gasteiger partial charge >= 0.3 is 0 Å². The van der Waals surface area contributed by atoms with Crippen molar-refractivity contribution in [1.82, 2.24) is 19.4 Å². The average Bonchev–Trinajstić information content (AvgIpc) is 3.68. The summed E-state index contributed by atoms with van der Waals surface area (Å²) in [6.07, 6.45) is 6.72. The number of aromatic nitrogens is 1. The quantitative estimate of drug-likeness (QED) is 0.562. The molecule has 188 valence electrons. The third-order valence-electron chi connectivity index (χ3n) is 7.43. The Labute approximate surface area is 211 Å². The van der Waals surface area contributed by atoms with Crippen LogP contribution in [-0.4, -0.2) is 82.8 Å². The van der Waals surface area contributed by atoms with E-state index in [0.29, 0.717) is 13.0 Å². The van der Waals surface area contributed by atoms with Crippen LogP contribution in [0.2, 0.25) is 0 Å². The number of morpholine rings is 1. The third kappa shape index (κ3) is 5.52. The largest absolute Gasteiger partial charge is 0.379 e. The molecule has 2 aromatic heterocycles. The van der Waals surface area contributed by atoms with Crippen molar-refractivity contribution in [2.24, 2.45) is 18.1 Å². The summed E-state index contributed by atoms with van der Waals surface area (Å²) in [5.41, 5.74) is 1.98. The number of amides is 2. The topological polar surface area (TPSA) is 70.4 Å². The standard InChI is InChI=1S/C26H35N5O3S/c1-28-10-4-8-22(28)23-18-21(24-9-5-17-35-24)27-31(23)25(32)19-30(26(33)20-6-2-3-7-20)12-11-29-13-15-34-16-14-29/h4-5,8-10,17,20,23H,2-3,6-7,11-16,18-19H2,1H3/t23-/m0/s1. The van der Waals surface area contributed by atoms with Crippen molar-refractivity contribution in [2.75, 3.05) is 45.9 Å². The molecule has 0 spiro atoms. The predicted octanol–water partition coefficient (Wildman–Crippen LogP) is 3.12. The molecule has 0 radical (unpaired) electrons. The van der Waals surface area contributed by atoms with Gasteiger partial charge in [-0.2, -0.15) is 5.10 Å². The van der Waals surface area contributed by atoms with Crippen LogP contribution in [0.1, 0.15) is 48.7 Å². The number of carbonyl (C=O) groups excluding carboxylic acids is 2. The van der Waals surface area contributed by atoms with E-state index in [1.54, 1.807) is 21.2 Å². The van der Waals surface area contributed by atoms with Gasteiger partial charge in [-0.1, -0.05) is 18.9 Å². The minimum atomic E-state index is -0.165. The highest BCUT2D eigenvalue weighted by molar-refractivity contribution is 7.12. The molecule has 2 fully saturated rings. The summed E-state index contributed by atoms with van der Waals surface area (Å²) in [5, 5.41) is 8.47. The highest BCUT2D eigenvalue weighted by Gasteiger charge is 2.37. The van der Waals surface area contributed by atoms with Gasteiger partial charge in [-0.05, 0) is 36.4 Å². The van der Waals surface area contributed by atoms with Crippen LogP contribution in [-0.2, 0) is 21.4 Å². The number of hydrogen-bond donors (Lipinski definition) is 0. The minimum Gasteiger partial charge on any atom is -0.379 e. The Morgan fingerprint density at radius 1 is 1.17 bits per heavy atom. The van der Waals surface area contributed by atoms with Crippen LogP contribution in [0, 0.1) is 5.92 Å². The molecule has 0 aromatic carbocycles. The number of carbonyl (C=O) groups is 2. The maximum absolute atomic E-state index is 13.7. The van der Waals surface area contributed by atoms with E-state index in [-0.39, 0.29) is 30.3 Å². The second kappa shape index (κ2) is 11.1. The summed E-state index contributed by atoms with van der Waals surface area (Å²) in [5.74, 6) is 0.0529. The van der Waals surface area contributed by atoms with Crippen molar-refractivity contribution < 1.29 is 14.3 Å². The molecule has 5 rings (SSSR count). The second-order valence-corrected chi connectivity index (χ2v) is 10.7. The zero-order chi connectivity index (χ0) is 24.2. The lowest BCUT2D eigenvalue weighted by atomic mass is 10.1. The van der Waals surface area contributed by atoms with Gasteiger partial charge in [-0.25, -0.2) is 5.01 Å². The second-order valence-electron chi connectivity index (χ2n) is 9.72. The van der Waals surface area contributed by atoms with Gasteiger partial charge in [0.25, 0.3) is 5.91 Å². The molecular weight excluding hydrogens is 462 g/mol. The van der Waals surface area contributed by atoms with Gasteiger partial charge in [0.15, 0.2) is 0 Å². The molecule has 3 aliphatic rings. The van der Waals surface area contributed by atoms with Gasteiger partial charge < -0.3 is 14.2 Å². The Bertz CT molecular complexity index is 1040. The van der Waals surface area contributed by atoms with E-state index in [1.165, 1.54) is 0 Å². The molecule has 8 nitrogen and oxygen atoms in total. The van der Waals surface area contributed by atoms with E-state index in [1.807, 2.05) is 30.8 Å². The average molecular weight is 498 g/mol. The smallest absolute Gasteiger partial charge is 0.262 e. The summed E-state index contributed by atoms with van der Waals surface area (Å²) in [6.45, 7) is 4.59. The van der Waals surface area contributed by atoms with Crippen LogP contribution >= 0.6 is 11.3 Å². The van der Waals surface area contributed by atoms with Gasteiger partial charge in [-0.3, -0.25) is 14.5 Å². The molecule has 2 aliphatic heterocycles. The third-order valence-corrected chi connectivity index (χ3v) is 8.35. The summed E-state index contributed by atoms with van der Waals surface area (Å²) >= 11 is 1.64. The molecule has 1 aliphatic carbocycles. The van der Waals surface area contributed by atoms with Gasteiger partial charge in [0.2, 0.25) is 5.91 Å². The van der Waals surface area contributed by atoms with Crippen molar-refractivity contribution >= 4 is 28.9 Å². The van der Waals surface area contributed by atoms with E-state index in [4.69, 9.17) is 9.84 Å². The monoisotopic (exact) mass is 497 g/mol. The Hall–Kier alpha value is -2.49. The van der Waals surface area contributed by atoms with Crippen molar-refractivity contribution in [1.29, 1.82) is 0 Å². The molecule has 0 N–H and O–H groups in total. The first-order chi connectivity index (χ1) is 17.1. The molecule has 4 heterocycles. The molecule has 9 heteroatoms. The van der Waals surface area contributed by atoms with Gasteiger partial charge in [0.1, 0.15) is 12.6 Å². The van der Waals surface area contributed by atoms with Gasteiger partial charge in [0, 0.05) is 57.5 Å². The number of nitrogens with zero attached hydrogens (tertiary/aromatic N) is 5. The minimum absolute atomic E-state index is 0.0416. The Kier molecular flexibility index (Phi) is 7.65. The van der Waals surface area contributed by atoms with E-state index >= 15 is 0 Å². The highest BCUT2D eigenvalue weighted by atomic mass is 32.1. The van der Waals surface area contributed by atoms with Crippen molar-refractivity contribution in [3.63, 3.8) is 0 Å². The predicted molar refractivity (Wildman–Crippen MR) is 136 cm³/mol. The highest BCUT2D eigenvalue weighted by Crippen LogP contribution is 2.34. The van der Waals surface area contributed by atoms with Crippen LogP contribution < -0.4 is 0 Å². The van der Waals surface area contributed by atoms with E-state index in [2.05, 4.69) is 21.6 Å².